The molecule has 0 saturated heterocycles. The molecule has 2 aromatic heterocycles. The smallest absolute Gasteiger partial charge is 0.270 e. The van der Waals surface area contributed by atoms with Crippen molar-refractivity contribution in [3.8, 4) is 0 Å². The van der Waals surface area contributed by atoms with E-state index in [1.807, 2.05) is 34.6 Å². The van der Waals surface area contributed by atoms with Gasteiger partial charge in [-0.2, -0.15) is 5.10 Å². The Morgan fingerprint density at radius 3 is 2.76 bits per heavy atom. The molecule has 0 radical (unpaired) electrons. The lowest BCUT2D eigenvalue weighted by atomic mass is 9.99. The van der Waals surface area contributed by atoms with Crippen LogP contribution in [0.4, 0.5) is 0 Å². The molecule has 1 aliphatic rings. The second-order valence-corrected chi connectivity index (χ2v) is 7.03. The number of rotatable bonds is 4. The van der Waals surface area contributed by atoms with Gasteiger partial charge in [0.2, 0.25) is 0 Å². The number of nitrogens with one attached hydrogen (secondary N) is 1. The molecule has 3 heterocycles. The number of amides is 1. The number of aromatic nitrogens is 3. The van der Waals surface area contributed by atoms with Crippen molar-refractivity contribution in [2.45, 2.75) is 65.7 Å². The van der Waals surface area contributed by atoms with Crippen LogP contribution in [-0.2, 0) is 24.8 Å². The van der Waals surface area contributed by atoms with Gasteiger partial charge in [0, 0.05) is 24.9 Å². The fraction of sp³-hybridized carbons (Fsp3) is 0.611. The average molecular weight is 346 g/mol. The highest BCUT2D eigenvalue weighted by molar-refractivity contribution is 5.94. The van der Waals surface area contributed by atoms with Gasteiger partial charge in [-0.1, -0.05) is 13.8 Å². The Kier molecular flexibility index (Phi) is 4.69. The molecule has 0 aromatic carbocycles. The van der Waals surface area contributed by atoms with Gasteiger partial charge in [0.15, 0.2) is 5.89 Å². The number of hydrogen-bond donors (Lipinski definition) is 1. The normalized spacial score (nSPS) is 20.0. The van der Waals surface area contributed by atoms with E-state index in [-0.39, 0.29) is 24.0 Å². The Balaban J connectivity index is 1.79. The third-order valence-electron chi connectivity index (χ3n) is 4.52. The summed E-state index contributed by atoms with van der Waals surface area (Å²) in [6, 6.07) is 0. The van der Waals surface area contributed by atoms with E-state index < -0.39 is 0 Å². The molecule has 1 aliphatic heterocycles. The molecular weight excluding hydrogens is 320 g/mol. The minimum Gasteiger partial charge on any atom is -0.443 e. The van der Waals surface area contributed by atoms with Crippen LogP contribution in [0.5, 0.6) is 0 Å². The van der Waals surface area contributed by atoms with Crippen LogP contribution in [0.3, 0.4) is 0 Å². The summed E-state index contributed by atoms with van der Waals surface area (Å²) in [5.41, 5.74) is 3.23. The van der Waals surface area contributed by atoms with Gasteiger partial charge in [-0.15, -0.1) is 0 Å². The monoisotopic (exact) mass is 346 g/mol. The zero-order valence-electron chi connectivity index (χ0n) is 15.7. The molecular formula is C18H26N4O3. The van der Waals surface area contributed by atoms with Crippen molar-refractivity contribution in [3.05, 3.63) is 34.3 Å². The fourth-order valence-electron chi connectivity index (χ4n) is 3.25. The van der Waals surface area contributed by atoms with Crippen LogP contribution in [0, 0.1) is 6.92 Å². The van der Waals surface area contributed by atoms with E-state index in [0.717, 1.165) is 17.0 Å². The van der Waals surface area contributed by atoms with Crippen LogP contribution in [0.15, 0.2) is 4.42 Å². The molecule has 25 heavy (non-hydrogen) atoms. The Bertz CT molecular complexity index is 791. The third-order valence-corrected chi connectivity index (χ3v) is 4.52. The summed E-state index contributed by atoms with van der Waals surface area (Å²) in [6.45, 7) is 10.2. The number of hydrogen-bond acceptors (Lipinski definition) is 5. The molecule has 0 fully saturated rings. The fourth-order valence-corrected chi connectivity index (χ4v) is 3.25. The number of oxazole rings is 1. The van der Waals surface area contributed by atoms with Crippen molar-refractivity contribution in [2.75, 3.05) is 0 Å². The summed E-state index contributed by atoms with van der Waals surface area (Å²) in [7, 11) is 1.79. The van der Waals surface area contributed by atoms with Gasteiger partial charge in [0.1, 0.15) is 11.5 Å². The number of fused-ring (bicyclic) bond motifs is 1. The number of aryl methyl sites for hydroxylation is 2. The first-order valence-electron chi connectivity index (χ1n) is 8.73. The summed E-state index contributed by atoms with van der Waals surface area (Å²) in [5.74, 6) is 1.45. The number of carbonyl (C=O) groups is 1. The number of ether oxygens (including phenoxy) is 1. The second-order valence-electron chi connectivity index (χ2n) is 7.03. The minimum absolute atomic E-state index is 0.0726. The van der Waals surface area contributed by atoms with Gasteiger partial charge in [0.25, 0.3) is 5.91 Å². The summed E-state index contributed by atoms with van der Waals surface area (Å²) < 4.78 is 13.2. The number of nitrogens with zero attached hydrogens (tertiary/aromatic N) is 3. The van der Waals surface area contributed by atoms with Crippen LogP contribution in [-0.4, -0.2) is 26.8 Å². The average Bonchev–Trinajstić information content (AvgIpc) is 3.05. The highest BCUT2D eigenvalue weighted by atomic mass is 16.5. The van der Waals surface area contributed by atoms with E-state index >= 15 is 0 Å². The maximum absolute atomic E-state index is 12.8. The Morgan fingerprint density at radius 1 is 1.40 bits per heavy atom. The van der Waals surface area contributed by atoms with Gasteiger partial charge in [-0.3, -0.25) is 9.48 Å². The van der Waals surface area contributed by atoms with E-state index in [9.17, 15) is 4.79 Å². The summed E-state index contributed by atoms with van der Waals surface area (Å²) in [6.07, 6.45) is 0.662. The van der Waals surface area contributed by atoms with Gasteiger partial charge in [-0.05, 0) is 20.8 Å². The van der Waals surface area contributed by atoms with Crippen molar-refractivity contribution in [1.82, 2.24) is 20.1 Å². The van der Waals surface area contributed by atoms with Crippen molar-refractivity contribution < 1.29 is 13.9 Å². The lowest BCUT2D eigenvalue weighted by molar-refractivity contribution is -0.00710. The van der Waals surface area contributed by atoms with E-state index in [1.54, 1.807) is 11.7 Å². The molecule has 0 saturated carbocycles. The predicted octanol–water partition coefficient (Wildman–Crippen LogP) is 2.79. The quantitative estimate of drug-likeness (QED) is 0.920. The number of carbonyl (C=O) groups excluding carboxylic acids is 1. The summed E-state index contributed by atoms with van der Waals surface area (Å²) in [4.78, 5) is 17.2. The van der Waals surface area contributed by atoms with Crippen LogP contribution in [0.25, 0.3) is 0 Å². The van der Waals surface area contributed by atoms with E-state index in [2.05, 4.69) is 15.4 Å². The van der Waals surface area contributed by atoms with Gasteiger partial charge in [-0.25, -0.2) is 4.98 Å². The lowest BCUT2D eigenvalue weighted by Crippen LogP contribution is -2.28. The first kappa shape index (κ1) is 17.7. The highest BCUT2D eigenvalue weighted by Gasteiger charge is 2.31. The summed E-state index contributed by atoms with van der Waals surface area (Å²) >= 11 is 0. The Hall–Kier alpha value is -2.15. The first-order chi connectivity index (χ1) is 11.8. The van der Waals surface area contributed by atoms with Crippen molar-refractivity contribution in [2.24, 2.45) is 7.05 Å². The molecule has 7 heteroatoms. The molecule has 2 aromatic rings. The molecule has 0 bridgehead atoms. The maximum Gasteiger partial charge on any atom is 0.270 e. The molecule has 0 spiro atoms. The van der Waals surface area contributed by atoms with Crippen molar-refractivity contribution in [1.29, 1.82) is 0 Å². The van der Waals surface area contributed by atoms with Crippen LogP contribution < -0.4 is 5.32 Å². The highest BCUT2D eigenvalue weighted by Crippen LogP contribution is 2.31. The van der Waals surface area contributed by atoms with Gasteiger partial charge >= 0.3 is 0 Å². The van der Waals surface area contributed by atoms with Crippen molar-refractivity contribution in [3.63, 3.8) is 0 Å². The van der Waals surface area contributed by atoms with Gasteiger partial charge in [0.05, 0.1) is 30.1 Å². The zero-order chi connectivity index (χ0) is 18.3. The van der Waals surface area contributed by atoms with E-state index in [4.69, 9.17) is 9.15 Å². The standard InChI is InChI=1S/C18H26N4O3/c1-9(2)18-20-11(4)14(25-18)8-19-17(23)16-13-7-10(3)24-12(5)15(13)21-22(16)6/h9-10,12H,7-8H2,1-6H3,(H,19,23)/t10-,12+/m1/s1. The van der Waals surface area contributed by atoms with Gasteiger partial charge < -0.3 is 14.5 Å². The lowest BCUT2D eigenvalue weighted by Gasteiger charge is -2.24. The minimum atomic E-state index is -0.153. The maximum atomic E-state index is 12.8. The van der Waals surface area contributed by atoms with Crippen LogP contribution in [0.2, 0.25) is 0 Å². The largest absolute Gasteiger partial charge is 0.443 e. The topological polar surface area (TPSA) is 82.2 Å². The zero-order valence-corrected chi connectivity index (χ0v) is 15.7. The Morgan fingerprint density at radius 2 is 2.12 bits per heavy atom. The SMILES string of the molecule is Cc1nc(C(C)C)oc1CNC(=O)c1c2c(nn1C)[C@H](C)O[C@H](C)C2. The second kappa shape index (κ2) is 6.63. The summed E-state index contributed by atoms with van der Waals surface area (Å²) in [5, 5.41) is 7.42. The van der Waals surface area contributed by atoms with Crippen LogP contribution >= 0.6 is 0 Å². The third kappa shape index (κ3) is 3.33. The molecule has 2 atom stereocenters. The molecule has 1 amide bonds. The van der Waals surface area contributed by atoms with Crippen molar-refractivity contribution >= 4 is 5.91 Å². The predicted molar refractivity (Wildman–Crippen MR) is 92.4 cm³/mol. The molecule has 0 aliphatic carbocycles. The van der Waals surface area contributed by atoms with Crippen LogP contribution in [0.1, 0.15) is 78.8 Å². The van der Waals surface area contributed by atoms with E-state index in [0.29, 0.717) is 30.3 Å². The molecule has 7 nitrogen and oxygen atoms in total. The molecule has 136 valence electrons. The Labute approximate surface area is 147 Å². The molecule has 0 unspecified atom stereocenters. The first-order valence-corrected chi connectivity index (χ1v) is 8.73. The molecule has 1 N–H and O–H groups in total. The van der Waals surface area contributed by atoms with E-state index in [1.165, 1.54) is 0 Å². The molecule has 3 rings (SSSR count).